The molecule has 0 aliphatic heterocycles. The van der Waals surface area contributed by atoms with E-state index < -0.39 is 0 Å². The van der Waals surface area contributed by atoms with Gasteiger partial charge in [0, 0.05) is 5.41 Å². The lowest BCUT2D eigenvalue weighted by atomic mass is 9.70. The van der Waals surface area contributed by atoms with Crippen LogP contribution in [0.3, 0.4) is 0 Å². The highest BCUT2D eigenvalue weighted by Gasteiger charge is 2.31. The van der Waals surface area contributed by atoms with Gasteiger partial charge in [-0.3, -0.25) is 0 Å². The second-order valence-corrected chi connectivity index (χ2v) is 4.81. The Morgan fingerprint density at radius 1 is 0.800 bits per heavy atom. The second kappa shape index (κ2) is 6.62. The molecule has 0 saturated heterocycles. The molecule has 0 bridgehead atoms. The number of halogens is 2. The third kappa shape index (κ3) is 2.88. The zero-order valence-electron chi connectivity index (χ0n) is 12.0. The maximum absolute atomic E-state index is 13.5. The molecule has 0 aromatic heterocycles. The number of hydrogen-bond acceptors (Lipinski definition) is 1. The van der Waals surface area contributed by atoms with Crippen molar-refractivity contribution >= 4 is 0 Å². The van der Waals surface area contributed by atoms with Gasteiger partial charge in [0.25, 0.3) is 0 Å². The highest BCUT2D eigenvalue weighted by Crippen LogP contribution is 2.39. The summed E-state index contributed by atoms with van der Waals surface area (Å²) in [7, 11) is 0. The van der Waals surface area contributed by atoms with Crippen molar-refractivity contribution in [3.63, 3.8) is 0 Å². The van der Waals surface area contributed by atoms with E-state index in [2.05, 4.69) is 13.8 Å². The largest absolute Gasteiger partial charge is 0.344 e. The zero-order valence-corrected chi connectivity index (χ0v) is 12.0. The van der Waals surface area contributed by atoms with E-state index in [1.165, 1.54) is 12.1 Å². The smallest absolute Gasteiger partial charge is 0.123 e. The van der Waals surface area contributed by atoms with E-state index in [0.717, 1.165) is 24.0 Å². The molecule has 0 aliphatic rings. The minimum atomic E-state index is -0.329. The van der Waals surface area contributed by atoms with Gasteiger partial charge in [0.15, 0.2) is 0 Å². The second-order valence-electron chi connectivity index (χ2n) is 4.81. The average molecular weight is 277 g/mol. The van der Waals surface area contributed by atoms with Crippen LogP contribution < -0.4 is 6.15 Å². The molecule has 0 saturated carbocycles. The molecule has 0 aliphatic carbocycles. The number of hydrogen-bond donors (Lipinski definition) is 1. The highest BCUT2D eigenvalue weighted by atomic mass is 19.1. The fraction of sp³-hybridized carbons (Fsp3) is 0.294. The van der Waals surface area contributed by atoms with E-state index in [1.54, 1.807) is 24.3 Å². The first-order valence-electron chi connectivity index (χ1n) is 6.64. The normalized spacial score (nSPS) is 11.0. The topological polar surface area (TPSA) is 35.0 Å². The maximum atomic E-state index is 13.5. The van der Waals surface area contributed by atoms with Crippen molar-refractivity contribution in [1.29, 1.82) is 0 Å². The van der Waals surface area contributed by atoms with Crippen molar-refractivity contribution in [2.45, 2.75) is 32.1 Å². The Kier molecular flexibility index (Phi) is 5.40. The predicted octanol–water partition coefficient (Wildman–Crippen LogP) is 5.23. The van der Waals surface area contributed by atoms with Crippen LogP contribution in [0.15, 0.2) is 48.5 Å². The van der Waals surface area contributed by atoms with E-state index in [1.807, 2.05) is 12.1 Å². The standard InChI is InChI=1S/C17H18F2.H3N/c1-3-17(4-2,13-7-5-9-15(18)11-13)14-8-6-10-16(19)12-14;/h5-12H,3-4H2,1-2H3;1H3. The molecule has 1 nitrogen and oxygen atoms in total. The third-order valence-electron chi connectivity index (χ3n) is 3.96. The average Bonchev–Trinajstić information content (AvgIpc) is 2.41. The van der Waals surface area contributed by atoms with Crippen LogP contribution in [-0.2, 0) is 5.41 Å². The maximum Gasteiger partial charge on any atom is 0.123 e. The van der Waals surface area contributed by atoms with Crippen LogP contribution in [0.4, 0.5) is 8.78 Å². The summed E-state index contributed by atoms with van der Waals surface area (Å²) < 4.78 is 27.0. The molecule has 2 aromatic rings. The summed E-state index contributed by atoms with van der Waals surface area (Å²) in [6.45, 7) is 4.11. The molecule has 3 heteroatoms. The molecule has 0 amide bonds. The highest BCUT2D eigenvalue weighted by molar-refractivity contribution is 5.39. The van der Waals surface area contributed by atoms with Crippen molar-refractivity contribution in [1.82, 2.24) is 6.15 Å². The zero-order chi connectivity index (χ0) is 13.9. The van der Waals surface area contributed by atoms with Gasteiger partial charge in [0.1, 0.15) is 11.6 Å². The lowest BCUT2D eigenvalue weighted by Gasteiger charge is -2.33. The summed E-state index contributed by atoms with van der Waals surface area (Å²) in [4.78, 5) is 0. The van der Waals surface area contributed by atoms with E-state index in [0.29, 0.717) is 0 Å². The monoisotopic (exact) mass is 277 g/mol. The van der Waals surface area contributed by atoms with Crippen LogP contribution >= 0.6 is 0 Å². The molecule has 0 spiro atoms. The van der Waals surface area contributed by atoms with E-state index in [-0.39, 0.29) is 23.2 Å². The Balaban J connectivity index is 0.00000200. The Bertz CT molecular complexity index is 515. The van der Waals surface area contributed by atoms with Gasteiger partial charge in [-0.05, 0) is 48.2 Å². The van der Waals surface area contributed by atoms with Crippen molar-refractivity contribution in [3.05, 3.63) is 71.3 Å². The van der Waals surface area contributed by atoms with Crippen LogP contribution in [0.25, 0.3) is 0 Å². The molecule has 0 heterocycles. The number of benzene rings is 2. The van der Waals surface area contributed by atoms with Gasteiger partial charge < -0.3 is 6.15 Å². The molecular formula is C17H21F2N. The van der Waals surface area contributed by atoms with Gasteiger partial charge in [-0.25, -0.2) is 8.78 Å². The molecule has 20 heavy (non-hydrogen) atoms. The lowest BCUT2D eigenvalue weighted by molar-refractivity contribution is 0.470. The van der Waals surface area contributed by atoms with Crippen LogP contribution in [0.2, 0.25) is 0 Å². The molecule has 0 unspecified atom stereocenters. The molecule has 108 valence electrons. The first kappa shape index (κ1) is 16.3. The minimum Gasteiger partial charge on any atom is -0.344 e. The summed E-state index contributed by atoms with van der Waals surface area (Å²) in [5, 5.41) is 0. The summed E-state index contributed by atoms with van der Waals surface area (Å²) in [6, 6.07) is 13.2. The van der Waals surface area contributed by atoms with Gasteiger partial charge in [0.2, 0.25) is 0 Å². The fourth-order valence-corrected chi connectivity index (χ4v) is 2.81. The summed E-state index contributed by atoms with van der Waals surface area (Å²) in [5.41, 5.74) is 1.48. The van der Waals surface area contributed by atoms with Crippen molar-refractivity contribution in [3.8, 4) is 0 Å². The van der Waals surface area contributed by atoms with E-state index >= 15 is 0 Å². The lowest BCUT2D eigenvalue weighted by Crippen LogP contribution is -2.26. The third-order valence-corrected chi connectivity index (χ3v) is 3.96. The first-order valence-corrected chi connectivity index (χ1v) is 6.64. The first-order chi connectivity index (χ1) is 9.12. The van der Waals surface area contributed by atoms with Crippen LogP contribution in [0, 0.1) is 11.6 Å². The predicted molar refractivity (Wildman–Crippen MR) is 79.2 cm³/mol. The van der Waals surface area contributed by atoms with Gasteiger partial charge in [-0.15, -0.1) is 0 Å². The van der Waals surface area contributed by atoms with Crippen molar-refractivity contribution < 1.29 is 8.78 Å². The Morgan fingerprint density at radius 2 is 1.20 bits per heavy atom. The van der Waals surface area contributed by atoms with Crippen LogP contribution in [0.5, 0.6) is 0 Å². The SMILES string of the molecule is CCC(CC)(c1cccc(F)c1)c1cccc(F)c1.N. The van der Waals surface area contributed by atoms with Crippen molar-refractivity contribution in [2.24, 2.45) is 0 Å². The fourth-order valence-electron chi connectivity index (χ4n) is 2.81. The van der Waals surface area contributed by atoms with E-state index in [4.69, 9.17) is 0 Å². The molecule has 2 aromatic carbocycles. The number of rotatable bonds is 4. The molecule has 0 atom stereocenters. The molecule has 0 radical (unpaired) electrons. The van der Waals surface area contributed by atoms with Gasteiger partial charge >= 0.3 is 0 Å². The van der Waals surface area contributed by atoms with Crippen LogP contribution in [-0.4, -0.2) is 0 Å². The molecular weight excluding hydrogens is 256 g/mol. The minimum absolute atomic E-state index is 0. The summed E-state index contributed by atoms with van der Waals surface area (Å²) in [6.07, 6.45) is 1.60. The van der Waals surface area contributed by atoms with Gasteiger partial charge in [-0.1, -0.05) is 38.1 Å². The molecule has 0 fully saturated rings. The van der Waals surface area contributed by atoms with Crippen molar-refractivity contribution in [2.75, 3.05) is 0 Å². The summed E-state index contributed by atoms with van der Waals surface area (Å²) in [5.74, 6) is -0.500. The molecule has 2 rings (SSSR count). The summed E-state index contributed by atoms with van der Waals surface area (Å²) >= 11 is 0. The Hall–Kier alpha value is -1.74. The van der Waals surface area contributed by atoms with E-state index in [9.17, 15) is 8.78 Å². The Labute approximate surface area is 119 Å². The van der Waals surface area contributed by atoms with Gasteiger partial charge in [0.05, 0.1) is 0 Å². The Morgan fingerprint density at radius 3 is 1.50 bits per heavy atom. The quantitative estimate of drug-likeness (QED) is 0.815. The van der Waals surface area contributed by atoms with Gasteiger partial charge in [-0.2, -0.15) is 0 Å². The van der Waals surface area contributed by atoms with Crippen LogP contribution in [0.1, 0.15) is 37.8 Å². The molecule has 3 N–H and O–H groups in total.